The highest BCUT2D eigenvalue weighted by atomic mass is 79.9. The normalized spacial score (nSPS) is 12.5. The van der Waals surface area contributed by atoms with Crippen LogP contribution in [0.2, 0.25) is 0 Å². The summed E-state index contributed by atoms with van der Waals surface area (Å²) in [5.41, 5.74) is 1.21. The van der Waals surface area contributed by atoms with E-state index in [0.29, 0.717) is 0 Å². The van der Waals surface area contributed by atoms with Gasteiger partial charge in [0.1, 0.15) is 5.75 Å². The van der Waals surface area contributed by atoms with Gasteiger partial charge in [0.2, 0.25) is 0 Å². The van der Waals surface area contributed by atoms with Gasteiger partial charge in [-0.25, -0.2) is 0 Å². The van der Waals surface area contributed by atoms with E-state index < -0.39 is 0 Å². The van der Waals surface area contributed by atoms with Crippen molar-refractivity contribution in [3.63, 3.8) is 0 Å². The van der Waals surface area contributed by atoms with Crippen molar-refractivity contribution in [1.82, 2.24) is 0 Å². The van der Waals surface area contributed by atoms with Gasteiger partial charge < -0.3 is 4.74 Å². The molecule has 0 bridgehead atoms. The maximum Gasteiger partial charge on any atom is 0.122 e. The zero-order valence-electron chi connectivity index (χ0n) is 9.50. The van der Waals surface area contributed by atoms with E-state index in [4.69, 9.17) is 4.74 Å². The minimum absolute atomic E-state index is 0.730. The van der Waals surface area contributed by atoms with E-state index in [9.17, 15) is 0 Å². The van der Waals surface area contributed by atoms with Gasteiger partial charge in [-0.1, -0.05) is 41.1 Å². The Morgan fingerprint density at radius 2 is 2.00 bits per heavy atom. The van der Waals surface area contributed by atoms with Gasteiger partial charge in [0.15, 0.2) is 0 Å². The summed E-state index contributed by atoms with van der Waals surface area (Å²) in [7, 11) is 0. The summed E-state index contributed by atoms with van der Waals surface area (Å²) in [6.07, 6.45) is 2.34. The van der Waals surface area contributed by atoms with Gasteiger partial charge in [0.05, 0.1) is 6.61 Å². The largest absolute Gasteiger partial charge is 0.493 e. The molecule has 0 saturated heterocycles. The number of halogens is 1. The predicted octanol–water partition coefficient (Wildman–Crippen LogP) is 4.19. The van der Waals surface area contributed by atoms with E-state index in [-0.39, 0.29) is 0 Å². The molecule has 1 aromatic carbocycles. The van der Waals surface area contributed by atoms with Crippen molar-refractivity contribution >= 4 is 15.9 Å². The van der Waals surface area contributed by atoms with Crippen LogP contribution in [0.3, 0.4) is 0 Å². The molecule has 2 heteroatoms. The molecule has 0 amide bonds. The van der Waals surface area contributed by atoms with Crippen molar-refractivity contribution in [3.05, 3.63) is 29.8 Å². The Morgan fingerprint density at radius 1 is 1.27 bits per heavy atom. The van der Waals surface area contributed by atoms with Crippen LogP contribution in [0.4, 0.5) is 0 Å². The second kappa shape index (κ2) is 6.89. The summed E-state index contributed by atoms with van der Waals surface area (Å²) in [6.45, 7) is 5.17. The molecule has 1 atom stereocenters. The fraction of sp³-hybridized carbons (Fsp3) is 0.538. The second-order valence-corrected chi connectivity index (χ2v) is 4.78. The van der Waals surface area contributed by atoms with Gasteiger partial charge in [0, 0.05) is 5.33 Å². The van der Waals surface area contributed by atoms with Crippen LogP contribution in [0.25, 0.3) is 0 Å². The quantitative estimate of drug-likeness (QED) is 0.705. The Bertz CT molecular complexity index is 286. The SMILES string of the molecule is Cc1ccccc1OCCC(C)CCBr. The lowest BCUT2D eigenvalue weighted by atomic mass is 10.1. The fourth-order valence-corrected chi connectivity index (χ4v) is 2.20. The molecule has 0 fully saturated rings. The maximum atomic E-state index is 5.74. The minimum atomic E-state index is 0.730. The van der Waals surface area contributed by atoms with Crippen LogP contribution < -0.4 is 4.74 Å². The number of benzene rings is 1. The fourth-order valence-electron chi connectivity index (χ4n) is 1.42. The van der Waals surface area contributed by atoms with Crippen molar-refractivity contribution in [2.45, 2.75) is 26.7 Å². The number of para-hydroxylation sites is 1. The van der Waals surface area contributed by atoms with Crippen LogP contribution in [-0.2, 0) is 0 Å². The molecule has 0 aliphatic carbocycles. The van der Waals surface area contributed by atoms with Crippen molar-refractivity contribution in [1.29, 1.82) is 0 Å². The van der Waals surface area contributed by atoms with E-state index in [2.05, 4.69) is 35.8 Å². The average Bonchev–Trinajstić information content (AvgIpc) is 2.21. The molecule has 0 heterocycles. The standard InChI is InChI=1S/C13H19BrO/c1-11(7-9-14)8-10-15-13-6-4-3-5-12(13)2/h3-6,11H,7-10H2,1-2H3. The Balaban J connectivity index is 2.29. The van der Waals surface area contributed by atoms with Crippen LogP contribution in [0.1, 0.15) is 25.3 Å². The molecule has 1 nitrogen and oxygen atoms in total. The Kier molecular flexibility index (Phi) is 5.77. The summed E-state index contributed by atoms with van der Waals surface area (Å²) in [5, 5.41) is 1.08. The predicted molar refractivity (Wildman–Crippen MR) is 68.9 cm³/mol. The van der Waals surface area contributed by atoms with E-state index in [1.807, 2.05) is 18.2 Å². The second-order valence-electron chi connectivity index (χ2n) is 3.99. The molecule has 0 aliphatic heterocycles. The summed E-state index contributed by atoms with van der Waals surface area (Å²) in [6, 6.07) is 8.17. The van der Waals surface area contributed by atoms with Crippen molar-refractivity contribution in [3.8, 4) is 5.75 Å². The van der Waals surface area contributed by atoms with Gasteiger partial charge in [-0.05, 0) is 37.3 Å². The van der Waals surface area contributed by atoms with Crippen LogP contribution in [0, 0.1) is 12.8 Å². The van der Waals surface area contributed by atoms with Crippen LogP contribution >= 0.6 is 15.9 Å². The first kappa shape index (κ1) is 12.6. The monoisotopic (exact) mass is 270 g/mol. The third-order valence-corrected chi connectivity index (χ3v) is 3.02. The number of hydrogen-bond acceptors (Lipinski definition) is 1. The number of ether oxygens (including phenoxy) is 1. The molecule has 0 saturated carbocycles. The molecule has 15 heavy (non-hydrogen) atoms. The number of alkyl halides is 1. The summed E-state index contributed by atoms with van der Waals surface area (Å²) >= 11 is 3.46. The molecule has 84 valence electrons. The van der Waals surface area contributed by atoms with Crippen molar-refractivity contribution < 1.29 is 4.74 Å². The zero-order valence-corrected chi connectivity index (χ0v) is 11.1. The van der Waals surface area contributed by atoms with Gasteiger partial charge in [-0.2, -0.15) is 0 Å². The van der Waals surface area contributed by atoms with Gasteiger partial charge in [-0.3, -0.25) is 0 Å². The Labute approximate surface area is 101 Å². The Morgan fingerprint density at radius 3 is 2.67 bits per heavy atom. The lowest BCUT2D eigenvalue weighted by Gasteiger charge is -2.12. The van der Waals surface area contributed by atoms with Gasteiger partial charge in [-0.15, -0.1) is 0 Å². The molecule has 0 aromatic heterocycles. The molecular weight excluding hydrogens is 252 g/mol. The molecule has 1 aromatic rings. The van der Waals surface area contributed by atoms with Gasteiger partial charge in [0.25, 0.3) is 0 Å². The van der Waals surface area contributed by atoms with Crippen molar-refractivity contribution in [2.75, 3.05) is 11.9 Å². The average molecular weight is 271 g/mol. The Hall–Kier alpha value is -0.500. The number of hydrogen-bond donors (Lipinski definition) is 0. The molecule has 0 radical (unpaired) electrons. The lowest BCUT2D eigenvalue weighted by molar-refractivity contribution is 0.281. The van der Waals surface area contributed by atoms with Crippen molar-refractivity contribution in [2.24, 2.45) is 5.92 Å². The first-order chi connectivity index (χ1) is 7.24. The third kappa shape index (κ3) is 4.70. The number of rotatable bonds is 6. The summed E-state index contributed by atoms with van der Waals surface area (Å²) in [5.74, 6) is 1.75. The highest BCUT2D eigenvalue weighted by molar-refractivity contribution is 9.09. The van der Waals surface area contributed by atoms with Crippen LogP contribution in [0.15, 0.2) is 24.3 Å². The molecule has 1 rings (SSSR count). The number of aryl methyl sites for hydroxylation is 1. The lowest BCUT2D eigenvalue weighted by Crippen LogP contribution is -2.05. The smallest absolute Gasteiger partial charge is 0.122 e. The van der Waals surface area contributed by atoms with E-state index in [0.717, 1.165) is 30.0 Å². The zero-order chi connectivity index (χ0) is 11.1. The molecule has 0 spiro atoms. The van der Waals surface area contributed by atoms with E-state index in [1.54, 1.807) is 0 Å². The summed E-state index contributed by atoms with van der Waals surface area (Å²) in [4.78, 5) is 0. The molecule has 0 N–H and O–H groups in total. The van der Waals surface area contributed by atoms with E-state index >= 15 is 0 Å². The molecular formula is C13H19BrO. The van der Waals surface area contributed by atoms with Gasteiger partial charge >= 0.3 is 0 Å². The molecule has 1 unspecified atom stereocenters. The first-order valence-electron chi connectivity index (χ1n) is 5.48. The highest BCUT2D eigenvalue weighted by Gasteiger charge is 2.02. The highest BCUT2D eigenvalue weighted by Crippen LogP contribution is 2.17. The first-order valence-corrected chi connectivity index (χ1v) is 6.60. The van der Waals surface area contributed by atoms with Crippen LogP contribution in [-0.4, -0.2) is 11.9 Å². The third-order valence-electron chi connectivity index (χ3n) is 2.56. The summed E-state index contributed by atoms with van der Waals surface area (Å²) < 4.78 is 5.74. The van der Waals surface area contributed by atoms with E-state index in [1.165, 1.54) is 12.0 Å². The topological polar surface area (TPSA) is 9.23 Å². The maximum absolute atomic E-state index is 5.74. The minimum Gasteiger partial charge on any atom is -0.493 e. The van der Waals surface area contributed by atoms with Crippen LogP contribution in [0.5, 0.6) is 5.75 Å². The molecule has 0 aliphatic rings.